The van der Waals surface area contributed by atoms with Gasteiger partial charge in [-0.2, -0.15) is 31.4 Å². The zero-order chi connectivity index (χ0) is 22.2. The standard InChI is InChI=1S/C20H18F6N4O/c21-19(22,23)15-6-11(3-4-27-15)13-7-14-12(2-1-5-30(14)29-13)28-16(31)17-8-18(9-17,10-17)20(24,25)26/h3-4,6-7,12H,1-2,5,8-10H2,(H,28,31)/t12-,17?,18?/m0/s1. The molecule has 0 spiro atoms. The van der Waals surface area contributed by atoms with Gasteiger partial charge in [-0.15, -0.1) is 0 Å². The van der Waals surface area contributed by atoms with Crippen LogP contribution >= 0.6 is 0 Å². The first-order valence-electron chi connectivity index (χ1n) is 9.92. The number of nitrogens with zero attached hydrogens (tertiary/aromatic N) is 3. The Labute approximate surface area is 172 Å². The number of aromatic nitrogens is 3. The largest absolute Gasteiger partial charge is 0.433 e. The number of alkyl halides is 6. The highest BCUT2D eigenvalue weighted by molar-refractivity contribution is 5.87. The van der Waals surface area contributed by atoms with Crippen molar-refractivity contribution in [2.75, 3.05) is 0 Å². The number of hydrogen-bond donors (Lipinski definition) is 1. The minimum absolute atomic E-state index is 0.177. The second-order valence-electron chi connectivity index (χ2n) is 8.86. The molecule has 2 bridgehead atoms. The summed E-state index contributed by atoms with van der Waals surface area (Å²) < 4.78 is 79.7. The van der Waals surface area contributed by atoms with E-state index in [0.717, 1.165) is 12.3 Å². The lowest BCUT2D eigenvalue weighted by Gasteiger charge is -2.69. The average Bonchev–Trinajstić information content (AvgIpc) is 3.03. The number of fused-ring (bicyclic) bond motifs is 1. The molecular formula is C20H18F6N4O. The first kappa shape index (κ1) is 20.3. The topological polar surface area (TPSA) is 59.8 Å². The van der Waals surface area contributed by atoms with Gasteiger partial charge >= 0.3 is 12.4 Å². The van der Waals surface area contributed by atoms with Crippen LogP contribution in [0.4, 0.5) is 26.3 Å². The zero-order valence-corrected chi connectivity index (χ0v) is 16.1. The molecule has 3 saturated carbocycles. The van der Waals surface area contributed by atoms with Crippen molar-refractivity contribution in [1.82, 2.24) is 20.1 Å². The van der Waals surface area contributed by atoms with Crippen molar-refractivity contribution in [3.63, 3.8) is 0 Å². The van der Waals surface area contributed by atoms with E-state index >= 15 is 0 Å². The van der Waals surface area contributed by atoms with Crippen LogP contribution in [0.3, 0.4) is 0 Å². The minimum Gasteiger partial charge on any atom is -0.347 e. The molecule has 3 heterocycles. The van der Waals surface area contributed by atoms with Gasteiger partial charge in [0.25, 0.3) is 0 Å². The summed E-state index contributed by atoms with van der Waals surface area (Å²) in [5.74, 6) is -0.386. The zero-order valence-electron chi connectivity index (χ0n) is 16.1. The number of nitrogens with one attached hydrogen (secondary N) is 1. The van der Waals surface area contributed by atoms with E-state index in [9.17, 15) is 31.1 Å². The molecule has 31 heavy (non-hydrogen) atoms. The Balaban J connectivity index is 1.34. The van der Waals surface area contributed by atoms with Gasteiger partial charge in [0.1, 0.15) is 5.69 Å². The van der Waals surface area contributed by atoms with Crippen LogP contribution in [0, 0.1) is 10.8 Å². The fourth-order valence-electron chi connectivity index (χ4n) is 5.16. The third-order valence-corrected chi connectivity index (χ3v) is 6.80. The molecule has 6 rings (SSSR count). The van der Waals surface area contributed by atoms with Gasteiger partial charge < -0.3 is 5.32 Å². The maximum atomic E-state index is 13.1. The number of aryl methyl sites for hydroxylation is 1. The van der Waals surface area contributed by atoms with Crippen LogP contribution in [0.15, 0.2) is 24.4 Å². The predicted octanol–water partition coefficient (Wildman–Crippen LogP) is 4.65. The van der Waals surface area contributed by atoms with E-state index in [2.05, 4.69) is 15.4 Å². The lowest BCUT2D eigenvalue weighted by atomic mass is 9.34. The summed E-state index contributed by atoms with van der Waals surface area (Å²) in [6.45, 7) is 0.543. The maximum absolute atomic E-state index is 13.1. The number of rotatable bonds is 3. The van der Waals surface area contributed by atoms with Crippen molar-refractivity contribution >= 4 is 5.91 Å². The third kappa shape index (κ3) is 3.03. The lowest BCUT2D eigenvalue weighted by molar-refractivity contribution is -0.351. The van der Waals surface area contributed by atoms with Crippen LogP contribution in [0.1, 0.15) is 49.5 Å². The summed E-state index contributed by atoms with van der Waals surface area (Å²) in [6.07, 6.45) is -7.06. The second-order valence-corrected chi connectivity index (χ2v) is 8.86. The summed E-state index contributed by atoms with van der Waals surface area (Å²) in [7, 11) is 0. The normalized spacial score (nSPS) is 29.5. The summed E-state index contributed by atoms with van der Waals surface area (Å²) in [5, 5.41) is 7.24. The van der Waals surface area contributed by atoms with Crippen LogP contribution in [-0.4, -0.2) is 26.8 Å². The Bertz CT molecular complexity index is 1040. The van der Waals surface area contributed by atoms with Gasteiger partial charge in [0.15, 0.2) is 0 Å². The quantitative estimate of drug-likeness (QED) is 0.702. The van der Waals surface area contributed by atoms with Gasteiger partial charge in [0.05, 0.1) is 28.3 Å². The molecule has 0 unspecified atom stereocenters. The molecule has 2 aromatic heterocycles. The summed E-state index contributed by atoms with van der Waals surface area (Å²) in [6, 6.07) is 3.52. The maximum Gasteiger partial charge on any atom is 0.433 e. The van der Waals surface area contributed by atoms with E-state index in [1.165, 1.54) is 6.07 Å². The number of halogens is 6. The molecule has 5 nitrogen and oxygen atoms in total. The molecule has 0 radical (unpaired) electrons. The van der Waals surface area contributed by atoms with E-state index < -0.39 is 34.9 Å². The van der Waals surface area contributed by atoms with Crippen LogP contribution in [-0.2, 0) is 17.5 Å². The highest BCUT2D eigenvalue weighted by Gasteiger charge is 2.80. The monoisotopic (exact) mass is 444 g/mol. The molecule has 1 aliphatic heterocycles. The number of hydrogen-bond acceptors (Lipinski definition) is 3. The van der Waals surface area contributed by atoms with Gasteiger partial charge in [0, 0.05) is 18.3 Å². The molecule has 3 fully saturated rings. The van der Waals surface area contributed by atoms with Gasteiger partial charge in [-0.05, 0) is 50.3 Å². The molecule has 3 aliphatic carbocycles. The second kappa shape index (κ2) is 6.23. The Kier molecular flexibility index (Phi) is 4.08. The molecule has 1 atom stereocenters. The Morgan fingerprint density at radius 2 is 1.84 bits per heavy atom. The summed E-state index contributed by atoms with van der Waals surface area (Å²) in [5.41, 5.74) is -2.47. The fourth-order valence-corrected chi connectivity index (χ4v) is 5.16. The van der Waals surface area contributed by atoms with Crippen LogP contribution < -0.4 is 5.32 Å². The summed E-state index contributed by atoms with van der Waals surface area (Å²) >= 11 is 0. The highest BCUT2D eigenvalue weighted by Crippen LogP contribution is 2.78. The van der Waals surface area contributed by atoms with Crippen LogP contribution in [0.5, 0.6) is 0 Å². The Morgan fingerprint density at radius 3 is 2.48 bits per heavy atom. The van der Waals surface area contributed by atoms with E-state index in [4.69, 9.17) is 0 Å². The van der Waals surface area contributed by atoms with E-state index in [1.54, 1.807) is 10.7 Å². The SMILES string of the molecule is O=C(N[C@H]1CCCn2nc(-c3ccnc(C(F)(F)F)c3)cc21)C12CC(C(F)(F)F)(C1)C2. The summed E-state index contributed by atoms with van der Waals surface area (Å²) in [4.78, 5) is 16.1. The smallest absolute Gasteiger partial charge is 0.347 e. The van der Waals surface area contributed by atoms with E-state index in [0.29, 0.717) is 30.8 Å². The molecule has 0 saturated heterocycles. The van der Waals surface area contributed by atoms with Gasteiger partial charge in [-0.3, -0.25) is 14.5 Å². The Morgan fingerprint density at radius 1 is 1.13 bits per heavy atom. The lowest BCUT2D eigenvalue weighted by Crippen LogP contribution is -2.72. The number of carbonyl (C=O) groups is 1. The third-order valence-electron chi connectivity index (χ3n) is 6.80. The first-order chi connectivity index (χ1) is 14.4. The predicted molar refractivity (Wildman–Crippen MR) is 95.3 cm³/mol. The van der Waals surface area contributed by atoms with Crippen molar-refractivity contribution in [1.29, 1.82) is 0 Å². The fraction of sp³-hybridized carbons (Fsp3) is 0.550. The van der Waals surface area contributed by atoms with Crippen molar-refractivity contribution in [2.45, 2.75) is 57.0 Å². The van der Waals surface area contributed by atoms with Crippen molar-refractivity contribution < 1.29 is 31.1 Å². The van der Waals surface area contributed by atoms with Crippen molar-refractivity contribution in [3.05, 3.63) is 35.8 Å². The van der Waals surface area contributed by atoms with Gasteiger partial charge in [-0.25, -0.2) is 0 Å². The van der Waals surface area contributed by atoms with Crippen LogP contribution in [0.25, 0.3) is 11.3 Å². The van der Waals surface area contributed by atoms with Gasteiger partial charge in [0.2, 0.25) is 5.91 Å². The minimum atomic E-state index is -4.58. The molecule has 1 N–H and O–H groups in total. The van der Waals surface area contributed by atoms with Crippen molar-refractivity contribution in [3.8, 4) is 11.3 Å². The molecule has 11 heteroatoms. The molecular weight excluding hydrogens is 426 g/mol. The first-order valence-corrected chi connectivity index (χ1v) is 9.92. The molecule has 0 aromatic carbocycles. The van der Waals surface area contributed by atoms with E-state index in [1.807, 2.05) is 0 Å². The average molecular weight is 444 g/mol. The van der Waals surface area contributed by atoms with Crippen molar-refractivity contribution in [2.24, 2.45) is 10.8 Å². The number of amides is 1. The van der Waals surface area contributed by atoms with E-state index in [-0.39, 0.29) is 30.7 Å². The Hall–Kier alpha value is -2.59. The highest BCUT2D eigenvalue weighted by atomic mass is 19.4. The molecule has 1 amide bonds. The van der Waals surface area contributed by atoms with Gasteiger partial charge in [-0.1, -0.05) is 0 Å². The molecule has 166 valence electrons. The molecule has 4 aliphatic rings. The molecule has 2 aromatic rings. The number of pyridine rings is 1. The van der Waals surface area contributed by atoms with Crippen LogP contribution in [0.2, 0.25) is 0 Å². The number of carbonyl (C=O) groups excluding carboxylic acids is 1.